The average Bonchev–Trinajstić information content (AvgIpc) is 0.827. The molecule has 4 saturated heterocycles. The summed E-state index contributed by atoms with van der Waals surface area (Å²) >= 11 is 2.81. The smallest absolute Gasteiger partial charge is 0.411 e. The van der Waals surface area contributed by atoms with E-state index >= 15 is 0 Å². The molecule has 4 heterocycles. The van der Waals surface area contributed by atoms with Crippen molar-refractivity contribution in [1.29, 1.82) is 5.26 Å². The minimum atomic E-state index is -2.13. The lowest BCUT2D eigenvalue weighted by molar-refractivity contribution is -0.336. The predicted octanol–water partition coefficient (Wildman–Crippen LogP) is 3.22. The molecule has 4 fully saturated rings. The SMILES string of the molecule is CCN[C@H]1CO[C@@H](O[C@H]2[C@H](O[C@H]3C#CC=CC#C[C@]4(O)CC(=O)C(NC(=O)OC)=C3/C4=C\CSSC(C)(C)C#N)O[C@H](C)[C@@H](NO[C@H]3C[C@H](O)[C@H](SC(=O)c4c(C)c(I)c(O[C@@H]5O[C@@H](C)[C@H](O)[C@@H](OC)[C@H]5O)c(OC)c4OC)[C@@H](C)O3)[C@@H]2O)C[C@@H]1OC. The van der Waals surface area contributed by atoms with Gasteiger partial charge in [-0.25, -0.2) is 4.79 Å². The van der Waals surface area contributed by atoms with Crippen molar-refractivity contribution in [3.8, 4) is 47.0 Å². The fourth-order valence-electron chi connectivity index (χ4n) is 10.6. The van der Waals surface area contributed by atoms with Gasteiger partial charge in [0.2, 0.25) is 17.2 Å². The second kappa shape index (κ2) is 31.5. The largest absolute Gasteiger partial charge is 0.492 e. The van der Waals surface area contributed by atoms with E-state index in [0.29, 0.717) is 15.7 Å². The Morgan fingerprint density at radius 3 is 2.28 bits per heavy atom. The number of ketones is 1. The van der Waals surface area contributed by atoms with Crippen LogP contribution in [-0.2, 0) is 52.3 Å². The number of ether oxygens (including phenoxy) is 12. The molecule has 2 bridgehead atoms. The number of allylic oxidation sites excluding steroid dienone is 3. The van der Waals surface area contributed by atoms with Gasteiger partial charge in [0.25, 0.3) is 0 Å². The molecule has 1 aromatic rings. The molecule has 1 aromatic carbocycles. The first-order chi connectivity index (χ1) is 41.4. The van der Waals surface area contributed by atoms with Crippen LogP contribution in [0.3, 0.4) is 0 Å². The third-order valence-electron chi connectivity index (χ3n) is 15.2. The van der Waals surface area contributed by atoms with Gasteiger partial charge in [0.15, 0.2) is 41.8 Å². The molecule has 0 aromatic heterocycles. The van der Waals surface area contributed by atoms with E-state index in [1.807, 2.05) is 29.5 Å². The Kier molecular flexibility index (Phi) is 25.6. The summed E-state index contributed by atoms with van der Waals surface area (Å²) in [5, 5.41) is 72.5. The molecular weight excluding hydrogens is 1310 g/mol. The van der Waals surface area contributed by atoms with Crippen LogP contribution in [0.25, 0.3) is 0 Å². The van der Waals surface area contributed by atoms with Crippen molar-refractivity contribution in [3.05, 3.63) is 49.8 Å². The summed E-state index contributed by atoms with van der Waals surface area (Å²) in [4.78, 5) is 47.7. The van der Waals surface area contributed by atoms with E-state index in [0.717, 1.165) is 18.9 Å². The van der Waals surface area contributed by atoms with Crippen molar-refractivity contribution in [3.63, 3.8) is 0 Å². The van der Waals surface area contributed by atoms with Gasteiger partial charge in [-0.1, -0.05) is 70.0 Å². The van der Waals surface area contributed by atoms with Gasteiger partial charge in [-0.15, -0.1) is 0 Å². The Balaban J connectivity index is 1.13. The first-order valence-corrected chi connectivity index (χ1v) is 32.3. The number of thioether (sulfide) groups is 1. The summed E-state index contributed by atoms with van der Waals surface area (Å²) in [6, 6.07) is 0.922. The minimum Gasteiger partial charge on any atom is -0.492 e. The third-order valence-corrected chi connectivity index (χ3v) is 20.8. The van der Waals surface area contributed by atoms with Crippen LogP contribution in [0.4, 0.5) is 4.79 Å². The third kappa shape index (κ3) is 16.5. The maximum absolute atomic E-state index is 14.5. The fraction of sp³-hybridized carbons (Fsp3) is 0.655. The highest BCUT2D eigenvalue weighted by atomic mass is 127. The molecule has 480 valence electrons. The van der Waals surface area contributed by atoms with Crippen molar-refractivity contribution in [2.45, 2.75) is 188 Å². The van der Waals surface area contributed by atoms with E-state index in [1.54, 1.807) is 54.7 Å². The van der Waals surface area contributed by atoms with E-state index in [1.165, 1.54) is 55.1 Å². The molecule has 6 aliphatic rings. The first kappa shape index (κ1) is 70.7. The van der Waals surface area contributed by atoms with Gasteiger partial charge in [0, 0.05) is 44.0 Å². The highest BCUT2D eigenvalue weighted by Gasteiger charge is 2.52. The summed E-state index contributed by atoms with van der Waals surface area (Å²) in [5.74, 6) is 11.0. The normalized spacial score (nSPS) is 34.8. The van der Waals surface area contributed by atoms with Crippen LogP contribution in [0.15, 0.2) is 35.1 Å². The second-order valence-electron chi connectivity index (χ2n) is 21.5. The van der Waals surface area contributed by atoms with Crippen LogP contribution < -0.4 is 30.3 Å². The van der Waals surface area contributed by atoms with Gasteiger partial charge in [-0.05, 0) is 88.4 Å². The molecule has 8 N–H and O–H groups in total. The number of nitrogens with one attached hydrogen (secondary N) is 3. The number of nitriles is 1. The van der Waals surface area contributed by atoms with Crippen molar-refractivity contribution in [1.82, 2.24) is 16.1 Å². The van der Waals surface area contributed by atoms with Crippen molar-refractivity contribution in [2.24, 2.45) is 0 Å². The number of hydroxylamine groups is 1. The predicted molar refractivity (Wildman–Crippen MR) is 326 cm³/mol. The Morgan fingerprint density at radius 1 is 0.908 bits per heavy atom. The van der Waals surface area contributed by atoms with Crippen LogP contribution in [0, 0.1) is 45.5 Å². The van der Waals surface area contributed by atoms with Gasteiger partial charge in [-0.3, -0.25) is 19.7 Å². The Hall–Kier alpha value is -3.80. The van der Waals surface area contributed by atoms with Crippen molar-refractivity contribution in [2.75, 3.05) is 54.5 Å². The van der Waals surface area contributed by atoms with Gasteiger partial charge in [-0.2, -0.15) is 10.7 Å². The topological polar surface area (TPSA) is 332 Å². The van der Waals surface area contributed by atoms with Gasteiger partial charge < -0.3 is 87.7 Å². The van der Waals surface area contributed by atoms with Gasteiger partial charge >= 0.3 is 6.09 Å². The highest BCUT2D eigenvalue weighted by molar-refractivity contribution is 14.1. The Bertz CT molecular complexity index is 2900. The summed E-state index contributed by atoms with van der Waals surface area (Å²) in [6.07, 6.45) is -14.4. The van der Waals surface area contributed by atoms with E-state index < -0.39 is 131 Å². The molecule has 0 radical (unpaired) electrons. The molecule has 2 aliphatic carbocycles. The molecule has 0 unspecified atom stereocenters. The van der Waals surface area contributed by atoms with Crippen LogP contribution in [0.1, 0.15) is 76.7 Å². The molecule has 19 atom stereocenters. The van der Waals surface area contributed by atoms with E-state index in [2.05, 4.69) is 45.9 Å². The number of carbonyl (C=O) groups is 3. The summed E-state index contributed by atoms with van der Waals surface area (Å²) in [6.45, 7) is 12.8. The van der Waals surface area contributed by atoms with Crippen LogP contribution in [0.2, 0.25) is 0 Å². The second-order valence-corrected chi connectivity index (χ2v) is 26.7. The Labute approximate surface area is 531 Å². The van der Waals surface area contributed by atoms with Crippen molar-refractivity contribution >= 4 is 72.9 Å². The standard InChI is InChI=1S/C58H77IN4O21S3/c1-13-61-32-25-77-37(23-36(32)72-8)82-50-45(67)42(28(3)79-55(50)81-35-18-16-14-15-17-20-58(71)24-34(65)43(62-56(70)76-12)40(35)31(58)19-21-85-87-57(6,7)26-60)63-84-38-22-33(64)52(30(5)78-38)86-53(69)39-27(2)41(59)48(51(75-11)47(39)73-9)83-54-46(68)49(74-10)44(66)29(4)80-54/h14-15,19,28-30,32-33,35-38,42,44-46,49-50,52,54-55,61,63-64,66-68,71H,13,21-25H2,1-12H3,(H,62,70)/b15-14?,31-19+/t28-,29+,30-,32+,33+,35+,36+,37+,38+,42-,44+,45+,46-,49-,50-,52-,54+,55+,58+/m1/s1. The minimum absolute atomic E-state index is 0.0188. The Morgan fingerprint density at radius 2 is 1.62 bits per heavy atom. The van der Waals surface area contributed by atoms with E-state index in [-0.39, 0.29) is 77.0 Å². The number of hydrogen-bond donors (Lipinski definition) is 8. The number of benzene rings is 1. The summed E-state index contributed by atoms with van der Waals surface area (Å²) in [7, 11) is 9.33. The van der Waals surface area contributed by atoms with Crippen molar-refractivity contribution < 1.29 is 102 Å². The number of carbonyl (C=O) groups excluding carboxylic acids is 3. The molecule has 29 heteroatoms. The maximum atomic E-state index is 14.5. The van der Waals surface area contributed by atoms with Crippen LogP contribution >= 0.6 is 55.9 Å². The number of likely N-dealkylation sites (N-methyl/N-ethyl adjacent to an activating group) is 1. The van der Waals surface area contributed by atoms with E-state index in [9.17, 15) is 45.2 Å². The molecular formula is C58H77IN4O21S3. The molecule has 7 rings (SSSR count). The number of rotatable bonds is 22. The molecule has 87 heavy (non-hydrogen) atoms. The number of nitrogens with zero attached hydrogens (tertiary/aromatic N) is 1. The maximum Gasteiger partial charge on any atom is 0.411 e. The number of aliphatic hydroxyl groups is 5. The number of aliphatic hydroxyl groups excluding tert-OH is 4. The number of amides is 1. The molecule has 25 nitrogen and oxygen atoms in total. The first-order valence-electron chi connectivity index (χ1n) is 28.0. The molecule has 0 spiro atoms. The molecule has 0 saturated carbocycles. The number of halogens is 1. The fourth-order valence-corrected chi connectivity index (χ4v) is 14.4. The quantitative estimate of drug-likeness (QED) is 0.0272. The number of Topliss-reactive ketones (excluding diaryl/α,β-unsaturated/α-hetero) is 1. The lowest BCUT2D eigenvalue weighted by Crippen LogP contribution is -2.65. The number of hydrogen-bond acceptors (Lipinski definition) is 27. The average molecular weight is 1390 g/mol. The zero-order valence-corrected chi connectivity index (χ0v) is 54.8. The highest BCUT2D eigenvalue weighted by Crippen LogP contribution is 2.49. The van der Waals surface area contributed by atoms with Crippen LogP contribution in [0.5, 0.6) is 17.2 Å². The van der Waals surface area contributed by atoms with Gasteiger partial charge in [0.05, 0.1) is 103 Å². The van der Waals surface area contributed by atoms with Crippen LogP contribution in [-0.4, -0.2) is 217 Å². The molecule has 1 amide bonds. The zero-order valence-electron chi connectivity index (χ0n) is 50.2. The lowest BCUT2D eigenvalue weighted by Gasteiger charge is -2.46. The molecule has 4 aliphatic heterocycles. The number of alkyl carbamates (subject to hydrolysis) is 1. The van der Waals surface area contributed by atoms with E-state index in [4.69, 9.17) is 61.7 Å². The summed E-state index contributed by atoms with van der Waals surface area (Å²) in [5.41, 5.74) is 1.01. The summed E-state index contributed by atoms with van der Waals surface area (Å²) < 4.78 is 71.8. The number of methoxy groups -OCH3 is 5. The zero-order chi connectivity index (χ0) is 63.7. The lowest BCUT2D eigenvalue weighted by atomic mass is 9.75. The van der Waals surface area contributed by atoms with Gasteiger partial charge in [0.1, 0.15) is 41.4 Å². The monoisotopic (exact) mass is 1390 g/mol. The number of fused-ring (bicyclic) bond motifs is 2.